The largest absolute Gasteiger partial charge is 0.573 e. The maximum absolute atomic E-state index is 12.6. The Morgan fingerprint density at radius 1 is 1.23 bits per heavy atom. The number of ether oxygens (including phenoxy) is 2. The fraction of sp³-hybridized carbons (Fsp3) is 0.294. The molecule has 1 aromatic rings. The van der Waals surface area contributed by atoms with Crippen LogP contribution >= 0.6 is 22.6 Å². The van der Waals surface area contributed by atoms with Crippen molar-refractivity contribution in [2.24, 2.45) is 5.92 Å². The lowest BCUT2D eigenvalue weighted by Gasteiger charge is -2.17. The van der Waals surface area contributed by atoms with Crippen molar-refractivity contribution in [1.29, 1.82) is 0 Å². The Balaban J connectivity index is 1.74. The van der Waals surface area contributed by atoms with Gasteiger partial charge in [0, 0.05) is 22.2 Å². The van der Waals surface area contributed by atoms with Gasteiger partial charge in [0.2, 0.25) is 5.78 Å². The third kappa shape index (κ3) is 3.71. The third-order valence-electron chi connectivity index (χ3n) is 4.09. The third-order valence-corrected chi connectivity index (χ3v) is 4.99. The highest BCUT2D eigenvalue weighted by Gasteiger charge is 2.44. The van der Waals surface area contributed by atoms with E-state index in [1.54, 1.807) is 6.08 Å². The second-order valence-electron chi connectivity index (χ2n) is 5.77. The second-order valence-corrected chi connectivity index (χ2v) is 6.93. The van der Waals surface area contributed by atoms with Gasteiger partial charge in [-0.3, -0.25) is 9.59 Å². The zero-order chi connectivity index (χ0) is 19.1. The van der Waals surface area contributed by atoms with Crippen LogP contribution in [0.2, 0.25) is 0 Å². The summed E-state index contributed by atoms with van der Waals surface area (Å²) in [7, 11) is 1.40. The maximum Gasteiger partial charge on any atom is 0.573 e. The molecule has 0 N–H and O–H groups in total. The SMILES string of the molecule is COC1=CC(I)=C2C(=O)N(Cc3ccc(OC(F)(F)F)cc3)CC2C1=O. The number of nitrogens with zero attached hydrogens (tertiary/aromatic N) is 1. The van der Waals surface area contributed by atoms with E-state index in [0.717, 1.165) is 0 Å². The van der Waals surface area contributed by atoms with Gasteiger partial charge in [-0.05, 0) is 46.4 Å². The van der Waals surface area contributed by atoms with Crippen molar-refractivity contribution < 1.29 is 32.2 Å². The predicted molar refractivity (Wildman–Crippen MR) is 93.2 cm³/mol. The Morgan fingerprint density at radius 2 is 1.88 bits per heavy atom. The average molecular weight is 479 g/mol. The number of amides is 1. The number of hydrogen-bond donors (Lipinski definition) is 0. The van der Waals surface area contributed by atoms with E-state index < -0.39 is 12.3 Å². The molecule has 0 aromatic heterocycles. The Kier molecular flexibility index (Phi) is 5.00. The molecule has 1 saturated heterocycles. The summed E-state index contributed by atoms with van der Waals surface area (Å²) in [4.78, 5) is 26.5. The lowest BCUT2D eigenvalue weighted by molar-refractivity contribution is -0.274. The first-order valence-corrected chi connectivity index (χ1v) is 8.61. The number of rotatable bonds is 4. The minimum absolute atomic E-state index is 0.185. The van der Waals surface area contributed by atoms with E-state index in [-0.39, 0.29) is 36.3 Å². The van der Waals surface area contributed by atoms with Crippen LogP contribution in [0.25, 0.3) is 0 Å². The van der Waals surface area contributed by atoms with Gasteiger partial charge < -0.3 is 14.4 Å². The van der Waals surface area contributed by atoms with Gasteiger partial charge in [0.15, 0.2) is 5.76 Å². The molecule has 1 fully saturated rings. The molecule has 1 unspecified atom stereocenters. The number of Topliss-reactive ketones (excluding diaryl/α,β-unsaturated/α-hetero) is 1. The van der Waals surface area contributed by atoms with E-state index in [0.29, 0.717) is 14.7 Å². The monoisotopic (exact) mass is 479 g/mol. The van der Waals surface area contributed by atoms with Gasteiger partial charge >= 0.3 is 6.36 Å². The molecule has 1 aliphatic heterocycles. The number of hydrogen-bond acceptors (Lipinski definition) is 4. The number of methoxy groups -OCH3 is 1. The fourth-order valence-corrected chi connectivity index (χ4v) is 3.83. The summed E-state index contributed by atoms with van der Waals surface area (Å²) in [6, 6.07) is 5.29. The fourth-order valence-electron chi connectivity index (χ4n) is 2.95. The Hall–Kier alpha value is -2.04. The number of carbonyl (C=O) groups excluding carboxylic acids is 2. The van der Waals surface area contributed by atoms with E-state index >= 15 is 0 Å². The summed E-state index contributed by atoms with van der Waals surface area (Å²) < 4.78 is 46.1. The first-order chi connectivity index (χ1) is 12.2. The van der Waals surface area contributed by atoms with Crippen molar-refractivity contribution >= 4 is 34.3 Å². The van der Waals surface area contributed by atoms with Gasteiger partial charge in [0.05, 0.1) is 13.0 Å². The summed E-state index contributed by atoms with van der Waals surface area (Å²) in [5, 5.41) is 0. The molecule has 1 aliphatic carbocycles. The van der Waals surface area contributed by atoms with Crippen LogP contribution < -0.4 is 4.74 Å². The summed E-state index contributed by atoms with van der Waals surface area (Å²) in [6.07, 6.45) is -3.21. The zero-order valence-corrected chi connectivity index (χ0v) is 15.6. The number of ketones is 1. The first kappa shape index (κ1) is 18.7. The van der Waals surface area contributed by atoms with E-state index in [1.807, 2.05) is 22.6 Å². The molecule has 26 heavy (non-hydrogen) atoms. The van der Waals surface area contributed by atoms with Crippen molar-refractivity contribution in [3.8, 4) is 5.75 Å². The van der Waals surface area contributed by atoms with Crippen molar-refractivity contribution in [3.05, 3.63) is 50.8 Å². The van der Waals surface area contributed by atoms with E-state index in [4.69, 9.17) is 4.74 Å². The second kappa shape index (κ2) is 6.93. The molecule has 1 heterocycles. The summed E-state index contributed by atoms with van der Waals surface area (Å²) in [5.74, 6) is -1.19. The molecular formula is C17H13F3INO4. The minimum Gasteiger partial charge on any atom is -0.493 e. The number of halogens is 4. The molecule has 1 atom stereocenters. The highest BCUT2D eigenvalue weighted by molar-refractivity contribution is 14.1. The molecule has 9 heteroatoms. The maximum atomic E-state index is 12.6. The smallest absolute Gasteiger partial charge is 0.493 e. The van der Waals surface area contributed by atoms with Gasteiger partial charge in [-0.2, -0.15) is 0 Å². The van der Waals surface area contributed by atoms with Gasteiger partial charge in [-0.25, -0.2) is 0 Å². The van der Waals surface area contributed by atoms with E-state index in [9.17, 15) is 22.8 Å². The number of carbonyl (C=O) groups is 2. The van der Waals surface area contributed by atoms with Crippen LogP contribution in [0.15, 0.2) is 45.3 Å². The standard InChI is InChI=1S/C17H13F3INO4/c1-25-13-6-12(21)14-11(15(13)23)8-22(16(14)24)7-9-2-4-10(5-3-9)26-17(18,19)20/h2-6,11H,7-8H2,1H3. The molecule has 0 saturated carbocycles. The molecule has 1 aromatic carbocycles. The number of benzene rings is 1. The highest BCUT2D eigenvalue weighted by atomic mass is 127. The summed E-state index contributed by atoms with van der Waals surface area (Å²) >= 11 is 2.00. The molecule has 2 aliphatic rings. The number of allylic oxidation sites excluding steroid dienone is 3. The van der Waals surface area contributed by atoms with E-state index in [1.165, 1.54) is 36.3 Å². The first-order valence-electron chi connectivity index (χ1n) is 7.53. The van der Waals surface area contributed by atoms with Crippen LogP contribution in [0.1, 0.15) is 5.56 Å². The van der Waals surface area contributed by atoms with Gasteiger partial charge in [-0.15, -0.1) is 13.2 Å². The molecule has 5 nitrogen and oxygen atoms in total. The molecule has 0 spiro atoms. The zero-order valence-electron chi connectivity index (χ0n) is 13.5. The van der Waals surface area contributed by atoms with Crippen LogP contribution in [-0.4, -0.2) is 36.6 Å². The van der Waals surface area contributed by atoms with Crippen LogP contribution in [-0.2, 0) is 20.9 Å². The molecule has 0 bridgehead atoms. The van der Waals surface area contributed by atoms with Gasteiger partial charge in [0.25, 0.3) is 5.91 Å². The quantitative estimate of drug-likeness (QED) is 0.622. The number of alkyl halides is 3. The van der Waals surface area contributed by atoms with Crippen molar-refractivity contribution in [1.82, 2.24) is 4.90 Å². The molecular weight excluding hydrogens is 466 g/mol. The number of likely N-dealkylation sites (tertiary alicyclic amines) is 1. The Labute approximate surface area is 160 Å². The van der Waals surface area contributed by atoms with Crippen LogP contribution in [0, 0.1) is 5.92 Å². The van der Waals surface area contributed by atoms with Gasteiger partial charge in [0.1, 0.15) is 5.75 Å². The summed E-state index contributed by atoms with van der Waals surface area (Å²) in [5.41, 5.74) is 1.07. The predicted octanol–water partition coefficient (Wildman–Crippen LogP) is 3.35. The van der Waals surface area contributed by atoms with Crippen molar-refractivity contribution in [2.75, 3.05) is 13.7 Å². The van der Waals surface area contributed by atoms with Crippen LogP contribution in [0.4, 0.5) is 13.2 Å². The van der Waals surface area contributed by atoms with Gasteiger partial charge in [-0.1, -0.05) is 12.1 Å². The minimum atomic E-state index is -4.75. The molecule has 0 radical (unpaired) electrons. The number of fused-ring (bicyclic) bond motifs is 1. The topological polar surface area (TPSA) is 55.8 Å². The molecule has 1 amide bonds. The Bertz CT molecular complexity index is 814. The van der Waals surface area contributed by atoms with Crippen LogP contribution in [0.3, 0.4) is 0 Å². The lowest BCUT2D eigenvalue weighted by Crippen LogP contribution is -2.26. The van der Waals surface area contributed by atoms with Crippen molar-refractivity contribution in [3.63, 3.8) is 0 Å². The lowest BCUT2D eigenvalue weighted by atomic mass is 9.92. The molecule has 3 rings (SSSR count). The normalized spacial score (nSPS) is 20.3. The average Bonchev–Trinajstić information content (AvgIpc) is 2.89. The summed E-state index contributed by atoms with van der Waals surface area (Å²) in [6.45, 7) is 0.394. The highest BCUT2D eigenvalue weighted by Crippen LogP contribution is 2.37. The van der Waals surface area contributed by atoms with Crippen LogP contribution in [0.5, 0.6) is 5.75 Å². The van der Waals surface area contributed by atoms with E-state index in [2.05, 4.69) is 4.74 Å². The molecule has 138 valence electrons. The van der Waals surface area contributed by atoms with Crippen molar-refractivity contribution in [2.45, 2.75) is 12.9 Å². The Morgan fingerprint density at radius 3 is 2.46 bits per heavy atom.